The van der Waals surface area contributed by atoms with Crippen molar-refractivity contribution >= 4 is 33.2 Å². The molecule has 0 amide bonds. The summed E-state index contributed by atoms with van der Waals surface area (Å²) in [4.78, 5) is -0.0272. The van der Waals surface area contributed by atoms with Crippen LogP contribution < -0.4 is 0 Å². The zero-order chi connectivity index (χ0) is 15.6. The van der Waals surface area contributed by atoms with Crippen LogP contribution in [0.3, 0.4) is 0 Å². The van der Waals surface area contributed by atoms with E-state index in [1.54, 1.807) is 0 Å². The van der Waals surface area contributed by atoms with Gasteiger partial charge in [0.05, 0.1) is 18.2 Å². The first-order chi connectivity index (χ1) is 9.93. The molecule has 0 atom stereocenters. The van der Waals surface area contributed by atoms with Crippen LogP contribution in [0.1, 0.15) is 18.4 Å². The smallest absolute Gasteiger partial charge is 0.244 e. The van der Waals surface area contributed by atoms with Gasteiger partial charge in [0.1, 0.15) is 4.90 Å². The SMILES string of the molecule is COCCN(C1CC1)S(=O)(=O)c1ccc(Cl)c(CO)c1Cl. The molecule has 1 fully saturated rings. The highest BCUT2D eigenvalue weighted by molar-refractivity contribution is 7.89. The maximum absolute atomic E-state index is 12.8. The zero-order valence-electron chi connectivity index (χ0n) is 11.6. The van der Waals surface area contributed by atoms with Gasteiger partial charge in [-0.3, -0.25) is 0 Å². The monoisotopic (exact) mass is 353 g/mol. The molecular weight excluding hydrogens is 337 g/mol. The number of aliphatic hydroxyl groups is 1. The van der Waals surface area contributed by atoms with Gasteiger partial charge in [-0.1, -0.05) is 23.2 Å². The first-order valence-electron chi connectivity index (χ1n) is 6.52. The first kappa shape index (κ1) is 17.0. The lowest BCUT2D eigenvalue weighted by Gasteiger charge is -2.22. The highest BCUT2D eigenvalue weighted by Gasteiger charge is 2.39. The molecule has 0 unspecified atom stereocenters. The number of hydrogen-bond donors (Lipinski definition) is 1. The van der Waals surface area contributed by atoms with E-state index < -0.39 is 16.6 Å². The van der Waals surface area contributed by atoms with Crippen molar-refractivity contribution < 1.29 is 18.3 Å². The van der Waals surface area contributed by atoms with Crippen molar-refractivity contribution in [3.63, 3.8) is 0 Å². The molecule has 0 spiro atoms. The minimum atomic E-state index is -3.74. The summed E-state index contributed by atoms with van der Waals surface area (Å²) < 4.78 is 31.9. The largest absolute Gasteiger partial charge is 0.392 e. The molecule has 1 aromatic carbocycles. The van der Waals surface area contributed by atoms with Gasteiger partial charge in [-0.25, -0.2) is 8.42 Å². The van der Waals surface area contributed by atoms with Crippen molar-refractivity contribution in [2.24, 2.45) is 0 Å². The second kappa shape index (κ2) is 6.81. The molecule has 1 N–H and O–H groups in total. The highest BCUT2D eigenvalue weighted by Crippen LogP contribution is 2.37. The van der Waals surface area contributed by atoms with Crippen LogP contribution in [-0.4, -0.2) is 44.1 Å². The fourth-order valence-electron chi connectivity index (χ4n) is 2.09. The maximum Gasteiger partial charge on any atom is 0.244 e. The van der Waals surface area contributed by atoms with E-state index in [-0.39, 0.29) is 33.1 Å². The molecule has 8 heteroatoms. The first-order valence-corrected chi connectivity index (χ1v) is 8.71. The van der Waals surface area contributed by atoms with E-state index in [0.29, 0.717) is 6.61 Å². The minimum Gasteiger partial charge on any atom is -0.392 e. The lowest BCUT2D eigenvalue weighted by atomic mass is 10.2. The number of nitrogens with zero attached hydrogens (tertiary/aromatic N) is 1. The molecule has 0 bridgehead atoms. The molecule has 0 aliphatic heterocycles. The van der Waals surface area contributed by atoms with Crippen LogP contribution in [-0.2, 0) is 21.4 Å². The quantitative estimate of drug-likeness (QED) is 0.816. The molecule has 1 saturated carbocycles. The maximum atomic E-state index is 12.8. The molecule has 1 aliphatic carbocycles. The lowest BCUT2D eigenvalue weighted by Crippen LogP contribution is -2.36. The van der Waals surface area contributed by atoms with Crippen molar-refractivity contribution in [3.05, 3.63) is 27.7 Å². The Bertz CT molecular complexity index is 617. The fourth-order valence-corrected chi connectivity index (χ4v) is 4.63. The highest BCUT2D eigenvalue weighted by atomic mass is 35.5. The molecule has 0 saturated heterocycles. The summed E-state index contributed by atoms with van der Waals surface area (Å²) in [6.45, 7) is 0.174. The standard InChI is InChI=1S/C13H17Cl2NO4S/c1-20-7-6-16(9-2-3-9)21(18,19)12-5-4-11(14)10(8-17)13(12)15/h4-5,9,17H,2-3,6-8H2,1H3. The zero-order valence-corrected chi connectivity index (χ0v) is 13.9. The van der Waals surface area contributed by atoms with Gasteiger partial charge in [0.15, 0.2) is 0 Å². The van der Waals surface area contributed by atoms with Crippen molar-refractivity contribution in [1.82, 2.24) is 4.31 Å². The van der Waals surface area contributed by atoms with Gasteiger partial charge in [-0.05, 0) is 25.0 Å². The van der Waals surface area contributed by atoms with E-state index in [0.717, 1.165) is 12.8 Å². The Morgan fingerprint density at radius 2 is 2.05 bits per heavy atom. The summed E-state index contributed by atoms with van der Waals surface area (Å²) in [7, 11) is -2.21. The summed E-state index contributed by atoms with van der Waals surface area (Å²) in [5.74, 6) is 0. The van der Waals surface area contributed by atoms with E-state index in [9.17, 15) is 13.5 Å². The molecule has 0 radical (unpaired) electrons. The summed E-state index contributed by atoms with van der Waals surface area (Å²) in [5.41, 5.74) is 0.224. The van der Waals surface area contributed by atoms with Crippen LogP contribution in [0, 0.1) is 0 Å². The van der Waals surface area contributed by atoms with Crippen molar-refractivity contribution in [3.8, 4) is 0 Å². The Balaban J connectivity index is 2.42. The topological polar surface area (TPSA) is 66.8 Å². The number of hydrogen-bond acceptors (Lipinski definition) is 4. The van der Waals surface area contributed by atoms with Crippen LogP contribution in [0.4, 0.5) is 0 Å². The molecule has 0 heterocycles. The van der Waals surface area contributed by atoms with Crippen LogP contribution in [0.15, 0.2) is 17.0 Å². The molecular formula is C13H17Cl2NO4S. The molecule has 5 nitrogen and oxygen atoms in total. The molecule has 1 aliphatic rings. The Kier molecular flexibility index (Phi) is 5.51. The van der Waals surface area contributed by atoms with Gasteiger partial charge < -0.3 is 9.84 Å². The molecule has 0 aromatic heterocycles. The second-order valence-electron chi connectivity index (χ2n) is 4.84. The van der Waals surface area contributed by atoms with Gasteiger partial charge in [0.2, 0.25) is 10.0 Å². The van der Waals surface area contributed by atoms with Crippen LogP contribution in [0.25, 0.3) is 0 Å². The van der Waals surface area contributed by atoms with E-state index in [4.69, 9.17) is 27.9 Å². The summed E-state index contributed by atoms with van der Waals surface area (Å²) >= 11 is 12.0. The average Bonchev–Trinajstić information content (AvgIpc) is 3.23. The van der Waals surface area contributed by atoms with E-state index in [1.165, 1.54) is 23.5 Å². The Morgan fingerprint density at radius 3 is 2.57 bits per heavy atom. The predicted molar refractivity (Wildman–Crippen MR) is 81.2 cm³/mol. The van der Waals surface area contributed by atoms with E-state index >= 15 is 0 Å². The van der Waals surface area contributed by atoms with Gasteiger partial charge in [0.25, 0.3) is 0 Å². The van der Waals surface area contributed by atoms with Crippen LogP contribution in [0.5, 0.6) is 0 Å². The van der Waals surface area contributed by atoms with Gasteiger partial charge >= 0.3 is 0 Å². The van der Waals surface area contributed by atoms with Crippen molar-refractivity contribution in [2.75, 3.05) is 20.3 Å². The number of ether oxygens (including phenoxy) is 1. The van der Waals surface area contributed by atoms with Gasteiger partial charge in [-0.2, -0.15) is 4.31 Å². The van der Waals surface area contributed by atoms with Crippen molar-refractivity contribution in [1.29, 1.82) is 0 Å². The summed E-state index contributed by atoms with van der Waals surface area (Å²) in [6, 6.07) is 2.81. The Hall–Kier alpha value is -0.370. The number of sulfonamides is 1. The van der Waals surface area contributed by atoms with Crippen LogP contribution in [0.2, 0.25) is 10.0 Å². The summed E-state index contributed by atoms with van der Waals surface area (Å²) in [5, 5.41) is 9.52. The number of halogens is 2. The number of rotatable bonds is 7. The third-order valence-corrected chi connectivity index (χ3v) is 6.26. The molecule has 1 aromatic rings. The number of methoxy groups -OCH3 is 1. The Labute approximate surface area is 134 Å². The third-order valence-electron chi connectivity index (χ3n) is 3.37. The Morgan fingerprint density at radius 1 is 1.38 bits per heavy atom. The lowest BCUT2D eigenvalue weighted by molar-refractivity contribution is 0.177. The minimum absolute atomic E-state index is 0.00512. The number of benzene rings is 1. The molecule has 118 valence electrons. The normalized spacial score (nSPS) is 15.7. The second-order valence-corrected chi connectivity index (χ2v) is 7.48. The molecule has 21 heavy (non-hydrogen) atoms. The van der Waals surface area contributed by atoms with Crippen molar-refractivity contribution in [2.45, 2.75) is 30.4 Å². The molecule has 2 rings (SSSR count). The fraction of sp³-hybridized carbons (Fsp3) is 0.538. The predicted octanol–water partition coefficient (Wildman–Crippen LogP) is 2.29. The van der Waals surface area contributed by atoms with E-state index in [1.807, 2.05) is 0 Å². The third kappa shape index (κ3) is 3.52. The van der Waals surface area contributed by atoms with Crippen LogP contribution >= 0.6 is 23.2 Å². The average molecular weight is 354 g/mol. The summed E-state index contributed by atoms with van der Waals surface area (Å²) in [6.07, 6.45) is 1.67. The van der Waals surface area contributed by atoms with E-state index in [2.05, 4.69) is 0 Å². The number of aliphatic hydroxyl groups excluding tert-OH is 1. The van der Waals surface area contributed by atoms with Gasteiger partial charge in [-0.15, -0.1) is 0 Å². The van der Waals surface area contributed by atoms with Gasteiger partial charge in [0, 0.05) is 30.3 Å².